The van der Waals surface area contributed by atoms with Crippen LogP contribution in [0.1, 0.15) is 63.9 Å². The first-order valence-electron chi connectivity index (χ1n) is 11.0. The van der Waals surface area contributed by atoms with Crippen molar-refractivity contribution in [3.05, 3.63) is 75.9 Å². The van der Waals surface area contributed by atoms with Crippen LogP contribution >= 0.6 is 11.3 Å². The molecular weight excluding hydrogens is 418 g/mol. The first-order valence-corrected chi connectivity index (χ1v) is 11.8. The molecular formula is C26H29N3O2S. The number of nitrogens with zero attached hydrogens (tertiary/aromatic N) is 1. The van der Waals surface area contributed by atoms with Gasteiger partial charge in [0.15, 0.2) is 0 Å². The maximum Gasteiger partial charge on any atom is 0.258 e. The van der Waals surface area contributed by atoms with E-state index >= 15 is 0 Å². The summed E-state index contributed by atoms with van der Waals surface area (Å²) in [6.45, 7) is 8.79. The summed E-state index contributed by atoms with van der Waals surface area (Å²) in [5.74, 6) is 0.143. The highest BCUT2D eigenvalue weighted by Gasteiger charge is 2.34. The van der Waals surface area contributed by atoms with Gasteiger partial charge in [-0.15, -0.1) is 11.3 Å². The van der Waals surface area contributed by atoms with E-state index in [-0.39, 0.29) is 17.2 Å². The van der Waals surface area contributed by atoms with Crippen molar-refractivity contribution in [2.75, 3.05) is 10.6 Å². The summed E-state index contributed by atoms with van der Waals surface area (Å²) in [4.78, 5) is 31.5. The van der Waals surface area contributed by atoms with Gasteiger partial charge in [-0.1, -0.05) is 39.0 Å². The van der Waals surface area contributed by atoms with Gasteiger partial charge in [-0.2, -0.15) is 0 Å². The summed E-state index contributed by atoms with van der Waals surface area (Å²) in [6, 6.07) is 11.1. The molecule has 32 heavy (non-hydrogen) atoms. The van der Waals surface area contributed by atoms with E-state index in [1.54, 1.807) is 24.5 Å². The van der Waals surface area contributed by atoms with E-state index in [0.29, 0.717) is 22.0 Å². The molecule has 0 saturated carbocycles. The Bertz CT molecular complexity index is 1150. The first-order chi connectivity index (χ1) is 15.2. The van der Waals surface area contributed by atoms with Crippen LogP contribution in [0.15, 0.2) is 48.8 Å². The lowest BCUT2D eigenvalue weighted by atomic mass is 9.72. The molecule has 1 aliphatic carbocycles. The zero-order chi connectivity index (χ0) is 22.9. The maximum absolute atomic E-state index is 13.5. The summed E-state index contributed by atoms with van der Waals surface area (Å²) in [7, 11) is 0. The molecule has 0 spiro atoms. The smallest absolute Gasteiger partial charge is 0.258 e. The standard InChI is InChI=1S/C26H29N3O2S/c1-16-7-5-6-8-20(16)28-24(31)22-19-10-9-18(26(2,3)4)15-21(19)32-25(22)29-23(30)17-11-13-27-14-12-17/h5-8,11-14,18H,9-10,15H2,1-4H3,(H,28,31)(H,29,30)/t18-/m1/s1. The van der Waals surface area contributed by atoms with Crippen LogP contribution in [0.3, 0.4) is 0 Å². The second kappa shape index (κ2) is 8.87. The molecule has 166 valence electrons. The van der Waals surface area contributed by atoms with Crippen LogP contribution in [-0.4, -0.2) is 16.8 Å². The molecule has 3 aromatic rings. The number of carbonyl (C=O) groups excluding carboxylic acids is 2. The molecule has 1 atom stereocenters. The van der Waals surface area contributed by atoms with Gasteiger partial charge in [-0.25, -0.2) is 0 Å². The summed E-state index contributed by atoms with van der Waals surface area (Å²) >= 11 is 1.54. The number of hydrogen-bond acceptors (Lipinski definition) is 4. The number of hydrogen-bond donors (Lipinski definition) is 2. The van der Waals surface area contributed by atoms with Gasteiger partial charge in [-0.05, 0) is 66.8 Å². The zero-order valence-corrected chi connectivity index (χ0v) is 19.8. The van der Waals surface area contributed by atoms with Gasteiger partial charge in [0.1, 0.15) is 5.00 Å². The Labute approximate surface area is 193 Å². The fraction of sp³-hybridized carbons (Fsp3) is 0.346. The van der Waals surface area contributed by atoms with E-state index in [9.17, 15) is 9.59 Å². The third-order valence-electron chi connectivity index (χ3n) is 6.28. The Morgan fingerprint density at radius 2 is 1.75 bits per heavy atom. The van der Waals surface area contributed by atoms with Crippen molar-refractivity contribution in [2.24, 2.45) is 11.3 Å². The molecule has 0 saturated heterocycles. The van der Waals surface area contributed by atoms with Crippen molar-refractivity contribution in [1.29, 1.82) is 0 Å². The highest BCUT2D eigenvalue weighted by molar-refractivity contribution is 7.17. The van der Waals surface area contributed by atoms with Crippen LogP contribution in [0.2, 0.25) is 0 Å². The minimum atomic E-state index is -0.233. The molecule has 1 aliphatic rings. The van der Waals surface area contributed by atoms with Crippen molar-refractivity contribution in [1.82, 2.24) is 4.98 Å². The minimum absolute atomic E-state index is 0.170. The van der Waals surface area contributed by atoms with E-state index in [2.05, 4.69) is 36.4 Å². The molecule has 2 N–H and O–H groups in total. The molecule has 2 amide bonds. The van der Waals surface area contributed by atoms with Crippen molar-refractivity contribution < 1.29 is 9.59 Å². The van der Waals surface area contributed by atoms with Gasteiger partial charge >= 0.3 is 0 Å². The van der Waals surface area contributed by atoms with Crippen molar-refractivity contribution in [3.63, 3.8) is 0 Å². The van der Waals surface area contributed by atoms with E-state index in [1.807, 2.05) is 31.2 Å². The number of rotatable bonds is 4. The number of aryl methyl sites for hydroxylation is 1. The number of aromatic nitrogens is 1. The predicted octanol–water partition coefficient (Wildman–Crippen LogP) is 6.11. The average Bonchev–Trinajstić information content (AvgIpc) is 3.12. The number of para-hydroxylation sites is 1. The van der Waals surface area contributed by atoms with Crippen LogP contribution in [0, 0.1) is 18.3 Å². The van der Waals surface area contributed by atoms with Gasteiger partial charge in [0.2, 0.25) is 0 Å². The average molecular weight is 448 g/mol. The van der Waals surface area contributed by atoms with Crippen LogP contribution in [0.5, 0.6) is 0 Å². The number of anilines is 2. The molecule has 0 unspecified atom stereocenters. The molecule has 0 radical (unpaired) electrons. The lowest BCUT2D eigenvalue weighted by Gasteiger charge is -2.33. The normalized spacial score (nSPS) is 15.7. The second-order valence-electron chi connectivity index (χ2n) is 9.47. The molecule has 4 rings (SSSR count). The third kappa shape index (κ3) is 4.60. The van der Waals surface area contributed by atoms with Gasteiger partial charge in [0, 0.05) is 28.5 Å². The third-order valence-corrected chi connectivity index (χ3v) is 7.45. The predicted molar refractivity (Wildman–Crippen MR) is 131 cm³/mol. The van der Waals surface area contributed by atoms with E-state index in [4.69, 9.17) is 0 Å². The number of amides is 2. The van der Waals surface area contributed by atoms with Gasteiger partial charge in [0.25, 0.3) is 11.8 Å². The van der Waals surface area contributed by atoms with Gasteiger partial charge in [0.05, 0.1) is 5.56 Å². The molecule has 5 nitrogen and oxygen atoms in total. The Balaban J connectivity index is 1.70. The van der Waals surface area contributed by atoms with Crippen LogP contribution in [0.4, 0.5) is 10.7 Å². The summed E-state index contributed by atoms with van der Waals surface area (Å²) < 4.78 is 0. The number of nitrogens with one attached hydrogen (secondary N) is 2. The Hall–Kier alpha value is -2.99. The van der Waals surface area contributed by atoms with Gasteiger partial charge in [-0.3, -0.25) is 14.6 Å². The highest BCUT2D eigenvalue weighted by Crippen LogP contribution is 2.44. The number of carbonyl (C=O) groups is 2. The number of benzene rings is 1. The summed E-state index contributed by atoms with van der Waals surface area (Å²) in [5, 5.41) is 6.70. The first kappa shape index (κ1) is 22.2. The van der Waals surface area contributed by atoms with Crippen molar-refractivity contribution in [3.8, 4) is 0 Å². The SMILES string of the molecule is Cc1ccccc1NC(=O)c1c(NC(=O)c2ccncc2)sc2c1CC[C@@H](C(C)(C)C)C2. The molecule has 2 heterocycles. The monoisotopic (exact) mass is 447 g/mol. The lowest BCUT2D eigenvalue weighted by molar-refractivity contribution is 0.102. The zero-order valence-electron chi connectivity index (χ0n) is 19.0. The van der Waals surface area contributed by atoms with E-state index in [0.717, 1.165) is 36.1 Å². The fourth-order valence-electron chi connectivity index (χ4n) is 4.23. The lowest BCUT2D eigenvalue weighted by Crippen LogP contribution is -2.27. The topological polar surface area (TPSA) is 71.1 Å². The quantitative estimate of drug-likeness (QED) is 0.507. The molecule has 0 fully saturated rings. The largest absolute Gasteiger partial charge is 0.322 e. The van der Waals surface area contributed by atoms with Crippen LogP contribution < -0.4 is 10.6 Å². The molecule has 1 aromatic carbocycles. The van der Waals surface area contributed by atoms with Crippen molar-refractivity contribution in [2.45, 2.75) is 47.0 Å². The van der Waals surface area contributed by atoms with Gasteiger partial charge < -0.3 is 10.6 Å². The van der Waals surface area contributed by atoms with Crippen molar-refractivity contribution >= 4 is 33.8 Å². The molecule has 0 bridgehead atoms. The molecule has 6 heteroatoms. The van der Waals surface area contributed by atoms with Crippen LogP contribution in [0.25, 0.3) is 0 Å². The molecule has 2 aromatic heterocycles. The van der Waals surface area contributed by atoms with E-state index in [1.165, 1.54) is 16.2 Å². The number of fused-ring (bicyclic) bond motifs is 1. The Kier molecular flexibility index (Phi) is 6.15. The minimum Gasteiger partial charge on any atom is -0.322 e. The second-order valence-corrected chi connectivity index (χ2v) is 10.6. The highest BCUT2D eigenvalue weighted by atomic mass is 32.1. The summed E-state index contributed by atoms with van der Waals surface area (Å²) in [5.41, 5.74) is 4.18. The molecule has 0 aliphatic heterocycles. The summed E-state index contributed by atoms with van der Waals surface area (Å²) in [6.07, 6.45) is 5.99. The number of pyridine rings is 1. The maximum atomic E-state index is 13.5. The van der Waals surface area contributed by atoms with E-state index < -0.39 is 0 Å². The fourth-order valence-corrected chi connectivity index (χ4v) is 5.55. The van der Waals surface area contributed by atoms with Crippen LogP contribution in [-0.2, 0) is 12.8 Å². The Morgan fingerprint density at radius 3 is 2.44 bits per heavy atom. The Morgan fingerprint density at radius 1 is 1.03 bits per heavy atom. The number of thiophene rings is 1.